The van der Waals surface area contributed by atoms with Crippen molar-refractivity contribution in [3.05, 3.63) is 23.9 Å². The van der Waals surface area contributed by atoms with Crippen LogP contribution in [-0.4, -0.2) is 59.5 Å². The minimum Gasteiger partial charge on any atom is -0.470 e. The molecular weight excluding hydrogens is 254 g/mol. The second-order valence-electron chi connectivity index (χ2n) is 6.16. The first-order valence-electron chi connectivity index (χ1n) is 7.33. The molecule has 1 aliphatic carbocycles. The molecule has 1 saturated heterocycles. The van der Waals surface area contributed by atoms with Crippen molar-refractivity contribution < 1.29 is 9.53 Å². The minimum absolute atomic E-state index is 0.0221. The van der Waals surface area contributed by atoms with Crippen LogP contribution in [0, 0.1) is 5.92 Å². The molecule has 20 heavy (non-hydrogen) atoms. The number of likely N-dealkylation sites (N-methyl/N-ethyl adjacent to an activating group) is 1. The Morgan fingerprint density at radius 3 is 3.05 bits per heavy atom. The first kappa shape index (κ1) is 12.1. The first-order valence-corrected chi connectivity index (χ1v) is 7.33. The lowest BCUT2D eigenvalue weighted by atomic mass is 10.2. The Morgan fingerprint density at radius 1 is 1.40 bits per heavy atom. The van der Waals surface area contributed by atoms with Gasteiger partial charge in [-0.1, -0.05) is 0 Å². The quantitative estimate of drug-likeness (QED) is 0.807. The molecule has 2 atom stereocenters. The molecule has 106 valence electrons. The van der Waals surface area contributed by atoms with Gasteiger partial charge >= 0.3 is 0 Å². The number of carbonyl (C=O) groups is 1. The largest absolute Gasteiger partial charge is 0.470 e. The molecule has 1 aromatic heterocycles. The Bertz CT molecular complexity index is 544. The maximum absolute atomic E-state index is 12.5. The van der Waals surface area contributed by atoms with Crippen LogP contribution < -0.4 is 4.74 Å². The summed E-state index contributed by atoms with van der Waals surface area (Å²) in [6.45, 7) is 2.96. The first-order chi connectivity index (χ1) is 9.72. The molecule has 2 aliphatic heterocycles. The predicted molar refractivity (Wildman–Crippen MR) is 73.7 cm³/mol. The van der Waals surface area contributed by atoms with Crippen LogP contribution in [0.4, 0.5) is 0 Å². The second kappa shape index (κ2) is 4.45. The van der Waals surface area contributed by atoms with E-state index < -0.39 is 0 Å². The summed E-state index contributed by atoms with van der Waals surface area (Å²) < 4.78 is 6.04. The number of pyridine rings is 1. The van der Waals surface area contributed by atoms with Crippen LogP contribution >= 0.6 is 0 Å². The Hall–Kier alpha value is -1.62. The standard InChI is InChI=1S/C15H19N3O2/c1-17-12-8-18(7-10-4-5-10)9-13(12)20-14-11(15(17)19)3-2-6-16-14/h2-3,6,10,12-13H,4-5,7-9H2,1H3/t12-,13+/m1/s1. The van der Waals surface area contributed by atoms with Crippen LogP contribution in [0.1, 0.15) is 23.2 Å². The van der Waals surface area contributed by atoms with Crippen molar-refractivity contribution in [3.63, 3.8) is 0 Å². The average molecular weight is 273 g/mol. The van der Waals surface area contributed by atoms with Gasteiger partial charge in [0.15, 0.2) is 0 Å². The summed E-state index contributed by atoms with van der Waals surface area (Å²) in [7, 11) is 1.88. The van der Waals surface area contributed by atoms with Crippen LogP contribution in [0.15, 0.2) is 18.3 Å². The predicted octanol–water partition coefficient (Wildman–Crippen LogP) is 1.01. The zero-order valence-electron chi connectivity index (χ0n) is 11.7. The number of carbonyl (C=O) groups excluding carboxylic acids is 1. The maximum atomic E-state index is 12.5. The lowest BCUT2D eigenvalue weighted by Crippen LogP contribution is -2.44. The molecule has 0 N–H and O–H groups in total. The highest BCUT2D eigenvalue weighted by molar-refractivity contribution is 5.96. The molecule has 0 spiro atoms. The van der Waals surface area contributed by atoms with Crippen LogP contribution in [0.2, 0.25) is 0 Å². The van der Waals surface area contributed by atoms with Crippen LogP contribution in [-0.2, 0) is 0 Å². The molecule has 3 aliphatic rings. The van der Waals surface area contributed by atoms with E-state index in [2.05, 4.69) is 9.88 Å². The fourth-order valence-electron chi connectivity index (χ4n) is 3.27. The number of ether oxygens (including phenoxy) is 1. The normalized spacial score (nSPS) is 29.6. The average Bonchev–Trinajstić information content (AvgIpc) is 3.19. The van der Waals surface area contributed by atoms with Crippen LogP contribution in [0.5, 0.6) is 5.88 Å². The molecule has 1 saturated carbocycles. The highest BCUT2D eigenvalue weighted by Gasteiger charge is 2.43. The zero-order valence-corrected chi connectivity index (χ0v) is 11.7. The third-order valence-electron chi connectivity index (χ3n) is 4.61. The number of fused-ring (bicyclic) bond motifs is 2. The van der Waals surface area contributed by atoms with Crippen LogP contribution in [0.3, 0.4) is 0 Å². The van der Waals surface area contributed by atoms with Crippen molar-refractivity contribution in [1.29, 1.82) is 0 Å². The van der Waals surface area contributed by atoms with Gasteiger partial charge in [-0.3, -0.25) is 9.69 Å². The number of hydrogen-bond donors (Lipinski definition) is 0. The number of aromatic nitrogens is 1. The molecule has 5 nitrogen and oxygen atoms in total. The van der Waals surface area contributed by atoms with Gasteiger partial charge in [-0.05, 0) is 30.9 Å². The molecule has 4 rings (SSSR count). The van der Waals surface area contributed by atoms with Gasteiger partial charge in [0.05, 0.1) is 6.04 Å². The monoisotopic (exact) mass is 273 g/mol. The third kappa shape index (κ3) is 1.97. The van der Waals surface area contributed by atoms with Gasteiger partial charge in [-0.15, -0.1) is 0 Å². The molecular formula is C15H19N3O2. The van der Waals surface area contributed by atoms with E-state index in [1.165, 1.54) is 12.8 Å². The fourth-order valence-corrected chi connectivity index (χ4v) is 3.27. The van der Waals surface area contributed by atoms with Gasteiger partial charge in [0, 0.05) is 32.9 Å². The van der Waals surface area contributed by atoms with E-state index in [0.717, 1.165) is 25.6 Å². The molecule has 0 unspecified atom stereocenters. The summed E-state index contributed by atoms with van der Waals surface area (Å²) in [5.41, 5.74) is 0.582. The topological polar surface area (TPSA) is 45.7 Å². The van der Waals surface area contributed by atoms with Gasteiger partial charge in [0.2, 0.25) is 5.88 Å². The third-order valence-corrected chi connectivity index (χ3v) is 4.61. The van der Waals surface area contributed by atoms with Gasteiger partial charge in [-0.25, -0.2) is 4.98 Å². The van der Waals surface area contributed by atoms with Crippen molar-refractivity contribution >= 4 is 5.91 Å². The Balaban J connectivity index is 1.60. The summed E-state index contributed by atoms with van der Waals surface area (Å²) in [5, 5.41) is 0. The molecule has 5 heteroatoms. The molecule has 2 fully saturated rings. The SMILES string of the molecule is CN1C(=O)c2cccnc2O[C@H]2CN(CC3CC3)C[C@H]21. The summed E-state index contributed by atoms with van der Waals surface area (Å²) in [4.78, 5) is 21.0. The molecule has 1 aromatic rings. The van der Waals surface area contributed by atoms with E-state index in [9.17, 15) is 4.79 Å². The zero-order chi connectivity index (χ0) is 13.7. The molecule has 1 amide bonds. The van der Waals surface area contributed by atoms with Crippen molar-refractivity contribution in [2.75, 3.05) is 26.7 Å². The molecule has 0 bridgehead atoms. The lowest BCUT2D eigenvalue weighted by Gasteiger charge is -2.25. The van der Waals surface area contributed by atoms with Gasteiger partial charge in [0.1, 0.15) is 11.7 Å². The fraction of sp³-hybridized carbons (Fsp3) is 0.600. The summed E-state index contributed by atoms with van der Waals surface area (Å²) in [6, 6.07) is 3.72. The highest BCUT2D eigenvalue weighted by Crippen LogP contribution is 2.33. The van der Waals surface area contributed by atoms with Crippen molar-refractivity contribution in [1.82, 2.24) is 14.8 Å². The van der Waals surface area contributed by atoms with E-state index in [4.69, 9.17) is 4.74 Å². The van der Waals surface area contributed by atoms with E-state index in [-0.39, 0.29) is 18.1 Å². The number of rotatable bonds is 2. The smallest absolute Gasteiger partial charge is 0.259 e. The lowest BCUT2D eigenvalue weighted by molar-refractivity contribution is 0.0680. The number of likely N-dealkylation sites (tertiary alicyclic amines) is 1. The summed E-state index contributed by atoms with van der Waals surface area (Å²) in [6.07, 6.45) is 4.43. The van der Waals surface area contributed by atoms with E-state index in [0.29, 0.717) is 11.4 Å². The van der Waals surface area contributed by atoms with E-state index in [1.807, 2.05) is 11.9 Å². The molecule has 0 aromatic carbocycles. The molecule has 3 heterocycles. The summed E-state index contributed by atoms with van der Waals surface area (Å²) >= 11 is 0. The van der Waals surface area contributed by atoms with Gasteiger partial charge < -0.3 is 9.64 Å². The Morgan fingerprint density at radius 2 is 2.25 bits per heavy atom. The van der Waals surface area contributed by atoms with Crippen molar-refractivity contribution in [2.45, 2.75) is 25.0 Å². The van der Waals surface area contributed by atoms with Gasteiger partial charge in [-0.2, -0.15) is 0 Å². The molecule has 0 radical (unpaired) electrons. The van der Waals surface area contributed by atoms with Crippen molar-refractivity contribution in [2.24, 2.45) is 5.92 Å². The number of hydrogen-bond acceptors (Lipinski definition) is 4. The Kier molecular flexibility index (Phi) is 2.70. The second-order valence-corrected chi connectivity index (χ2v) is 6.16. The number of amides is 1. The van der Waals surface area contributed by atoms with Crippen molar-refractivity contribution in [3.8, 4) is 5.88 Å². The van der Waals surface area contributed by atoms with E-state index >= 15 is 0 Å². The van der Waals surface area contributed by atoms with Crippen LogP contribution in [0.25, 0.3) is 0 Å². The summed E-state index contributed by atoms with van der Waals surface area (Å²) in [5.74, 6) is 1.38. The highest BCUT2D eigenvalue weighted by atomic mass is 16.5. The van der Waals surface area contributed by atoms with Gasteiger partial charge in [0.25, 0.3) is 5.91 Å². The maximum Gasteiger partial charge on any atom is 0.259 e. The minimum atomic E-state index is 0.0221. The number of nitrogens with zero attached hydrogens (tertiary/aromatic N) is 3. The van der Waals surface area contributed by atoms with E-state index in [1.54, 1.807) is 18.3 Å². The Labute approximate surface area is 118 Å².